The van der Waals surface area contributed by atoms with Crippen molar-refractivity contribution < 1.29 is 4.79 Å². The number of H-pyrrole nitrogens is 1. The van der Waals surface area contributed by atoms with E-state index >= 15 is 0 Å². The fourth-order valence-electron chi connectivity index (χ4n) is 5.57. The van der Waals surface area contributed by atoms with E-state index in [2.05, 4.69) is 75.8 Å². The molecule has 4 aromatic rings. The van der Waals surface area contributed by atoms with Gasteiger partial charge in [-0.25, -0.2) is 4.98 Å². The highest BCUT2D eigenvalue weighted by atomic mass is 32.1. The second-order valence-electron chi connectivity index (χ2n) is 11.5. The smallest absolute Gasteiger partial charge is 0.232 e. The summed E-state index contributed by atoms with van der Waals surface area (Å²) in [6, 6.07) is 12.9. The number of aromatic nitrogens is 2. The van der Waals surface area contributed by atoms with Crippen LogP contribution in [0.3, 0.4) is 0 Å². The Labute approximate surface area is 259 Å². The van der Waals surface area contributed by atoms with Crippen LogP contribution in [0.5, 0.6) is 0 Å². The fourth-order valence-corrected chi connectivity index (χ4v) is 6.34. The molecule has 43 heavy (non-hydrogen) atoms. The monoisotopic (exact) mass is 597 g/mol. The molecular formula is C34H43N7OS. The predicted molar refractivity (Wildman–Crippen MR) is 177 cm³/mol. The van der Waals surface area contributed by atoms with Gasteiger partial charge in [-0.3, -0.25) is 15.1 Å². The summed E-state index contributed by atoms with van der Waals surface area (Å²) in [6.45, 7) is 16.7. The van der Waals surface area contributed by atoms with Gasteiger partial charge in [0.05, 0.1) is 10.4 Å². The highest BCUT2D eigenvalue weighted by Crippen LogP contribution is 2.35. The molecule has 0 aliphatic carbocycles. The van der Waals surface area contributed by atoms with Crippen molar-refractivity contribution in [1.82, 2.24) is 25.5 Å². The number of hydrogen-bond acceptors (Lipinski definition) is 5. The number of nitrogens with zero attached hydrogens (tertiary/aromatic N) is 4. The third-order valence-corrected chi connectivity index (χ3v) is 8.85. The zero-order chi connectivity index (χ0) is 31.1. The Kier molecular flexibility index (Phi) is 10.3. The van der Waals surface area contributed by atoms with Crippen LogP contribution < -0.4 is 10.6 Å². The molecule has 0 fully saturated rings. The van der Waals surface area contributed by atoms with E-state index in [1.54, 1.807) is 11.3 Å². The van der Waals surface area contributed by atoms with Gasteiger partial charge in [-0.15, -0.1) is 11.3 Å². The third kappa shape index (κ3) is 7.44. The largest absolute Gasteiger partial charge is 0.355 e. The number of aromatic amines is 1. The Morgan fingerprint density at radius 2 is 1.81 bits per heavy atom. The SMILES string of the molecule is CCN(CC)C(=O)C(C)(C)c1ccc2[nH]c(-c3cc(C)cc(C)c3)c(CCNC(=NCCc3nc(C)cs3)NC#N)c2c1. The molecule has 0 aliphatic heterocycles. The van der Waals surface area contributed by atoms with Gasteiger partial charge in [0.2, 0.25) is 11.9 Å². The number of aryl methyl sites for hydroxylation is 3. The summed E-state index contributed by atoms with van der Waals surface area (Å²) in [7, 11) is 0. The van der Waals surface area contributed by atoms with E-state index < -0.39 is 5.41 Å². The van der Waals surface area contributed by atoms with E-state index in [0.717, 1.165) is 50.4 Å². The van der Waals surface area contributed by atoms with Gasteiger partial charge >= 0.3 is 0 Å². The predicted octanol–water partition coefficient (Wildman–Crippen LogP) is 6.16. The van der Waals surface area contributed by atoms with Gasteiger partial charge < -0.3 is 15.2 Å². The van der Waals surface area contributed by atoms with E-state index in [0.29, 0.717) is 38.6 Å². The van der Waals surface area contributed by atoms with Crippen molar-refractivity contribution in [2.75, 3.05) is 26.2 Å². The third-order valence-electron chi connectivity index (χ3n) is 7.83. The lowest BCUT2D eigenvalue weighted by molar-refractivity contribution is -0.135. The summed E-state index contributed by atoms with van der Waals surface area (Å²) in [4.78, 5) is 28.2. The molecule has 9 heteroatoms. The minimum absolute atomic E-state index is 0.126. The molecule has 3 N–H and O–H groups in total. The number of nitrogens with one attached hydrogen (secondary N) is 3. The number of thiazole rings is 1. The molecule has 2 aromatic carbocycles. The number of likely N-dealkylation sites (N-methyl/N-ethyl adjacent to an activating group) is 1. The normalized spacial score (nSPS) is 11.9. The van der Waals surface area contributed by atoms with Crippen LogP contribution in [0, 0.1) is 32.2 Å². The number of carbonyl (C=O) groups is 1. The lowest BCUT2D eigenvalue weighted by atomic mass is 9.82. The Balaban J connectivity index is 1.66. The highest BCUT2D eigenvalue weighted by molar-refractivity contribution is 7.09. The molecule has 0 spiro atoms. The zero-order valence-corrected chi connectivity index (χ0v) is 27.2. The lowest BCUT2D eigenvalue weighted by Gasteiger charge is -2.31. The summed E-state index contributed by atoms with van der Waals surface area (Å²) < 4.78 is 0. The molecule has 0 bridgehead atoms. The minimum Gasteiger partial charge on any atom is -0.355 e. The van der Waals surface area contributed by atoms with Crippen molar-refractivity contribution in [1.29, 1.82) is 5.26 Å². The number of guanidine groups is 1. The van der Waals surface area contributed by atoms with Crippen LogP contribution in [0.2, 0.25) is 0 Å². The van der Waals surface area contributed by atoms with Crippen molar-refractivity contribution in [3.8, 4) is 17.5 Å². The van der Waals surface area contributed by atoms with Crippen molar-refractivity contribution in [3.05, 3.63) is 74.7 Å². The van der Waals surface area contributed by atoms with Gasteiger partial charge in [0, 0.05) is 60.3 Å². The summed E-state index contributed by atoms with van der Waals surface area (Å²) in [5.74, 6) is 0.580. The fraction of sp³-hybridized carbons (Fsp3) is 0.412. The highest BCUT2D eigenvalue weighted by Gasteiger charge is 2.33. The van der Waals surface area contributed by atoms with Gasteiger partial charge in [-0.05, 0) is 95.8 Å². The molecule has 4 rings (SSSR count). The molecular weight excluding hydrogens is 554 g/mol. The number of carbonyl (C=O) groups excluding carboxylic acids is 1. The Morgan fingerprint density at radius 3 is 2.44 bits per heavy atom. The van der Waals surface area contributed by atoms with Crippen molar-refractivity contribution in [3.63, 3.8) is 0 Å². The second kappa shape index (κ2) is 13.9. The van der Waals surface area contributed by atoms with Crippen LogP contribution >= 0.6 is 11.3 Å². The molecule has 226 valence electrons. The number of rotatable bonds is 11. The number of hydrogen-bond donors (Lipinski definition) is 3. The van der Waals surface area contributed by atoms with E-state index in [-0.39, 0.29) is 5.91 Å². The molecule has 0 aliphatic rings. The number of fused-ring (bicyclic) bond motifs is 1. The van der Waals surface area contributed by atoms with Crippen LogP contribution in [0.15, 0.2) is 46.8 Å². The average molecular weight is 598 g/mol. The topological polar surface area (TPSA) is 109 Å². The number of benzene rings is 2. The molecule has 2 aromatic heterocycles. The molecule has 0 radical (unpaired) electrons. The van der Waals surface area contributed by atoms with E-state index in [1.165, 1.54) is 11.1 Å². The van der Waals surface area contributed by atoms with Gasteiger partial charge in [-0.2, -0.15) is 5.26 Å². The van der Waals surface area contributed by atoms with E-state index in [9.17, 15) is 10.1 Å². The maximum Gasteiger partial charge on any atom is 0.232 e. The molecule has 1 amide bonds. The molecule has 0 saturated carbocycles. The van der Waals surface area contributed by atoms with Gasteiger partial charge in [0.1, 0.15) is 0 Å². The summed E-state index contributed by atoms with van der Waals surface area (Å²) in [5, 5.41) is 19.5. The Bertz CT molecular complexity index is 1630. The van der Waals surface area contributed by atoms with Gasteiger partial charge in [0.25, 0.3) is 0 Å². The average Bonchev–Trinajstić information content (AvgIpc) is 3.55. The zero-order valence-electron chi connectivity index (χ0n) is 26.4. The van der Waals surface area contributed by atoms with Crippen molar-refractivity contribution >= 4 is 34.1 Å². The maximum atomic E-state index is 13.5. The van der Waals surface area contributed by atoms with Crippen LogP contribution in [0.4, 0.5) is 0 Å². The van der Waals surface area contributed by atoms with E-state index in [4.69, 9.17) is 0 Å². The van der Waals surface area contributed by atoms with Gasteiger partial charge in [-0.1, -0.05) is 23.3 Å². The number of amides is 1. The quantitative estimate of drug-likeness (QED) is 0.0830. The second-order valence-corrected chi connectivity index (χ2v) is 12.4. The van der Waals surface area contributed by atoms with Crippen molar-refractivity contribution in [2.45, 2.75) is 66.7 Å². The number of nitriles is 1. The van der Waals surface area contributed by atoms with Crippen LogP contribution in [0.1, 0.15) is 60.7 Å². The summed E-state index contributed by atoms with van der Waals surface area (Å²) in [6.07, 6.45) is 3.41. The Hall–Kier alpha value is -4.16. The summed E-state index contributed by atoms with van der Waals surface area (Å²) in [5.41, 5.74) is 8.13. The molecule has 2 heterocycles. The van der Waals surface area contributed by atoms with Crippen LogP contribution in [0.25, 0.3) is 22.2 Å². The summed E-state index contributed by atoms with van der Waals surface area (Å²) >= 11 is 1.63. The van der Waals surface area contributed by atoms with E-state index in [1.807, 2.05) is 51.1 Å². The first kappa shape index (κ1) is 31.8. The molecule has 0 atom stereocenters. The first-order valence-electron chi connectivity index (χ1n) is 14.9. The Morgan fingerprint density at radius 1 is 1.09 bits per heavy atom. The van der Waals surface area contributed by atoms with Crippen LogP contribution in [-0.4, -0.2) is 52.9 Å². The lowest BCUT2D eigenvalue weighted by Crippen LogP contribution is -2.43. The van der Waals surface area contributed by atoms with Crippen molar-refractivity contribution in [2.24, 2.45) is 4.99 Å². The molecule has 0 unspecified atom stereocenters. The minimum atomic E-state index is -0.667. The first-order valence-corrected chi connectivity index (χ1v) is 15.8. The molecule has 8 nitrogen and oxygen atoms in total. The van der Waals surface area contributed by atoms with Gasteiger partial charge in [0.15, 0.2) is 6.19 Å². The standard InChI is InChI=1S/C34H43N7OS/c1-8-41(9-2)32(42)34(6,7)26-10-11-29-28(19-26)27(31(40-29)25-17-22(3)16-23(4)18-25)12-14-36-33(38-21-35)37-15-13-30-39-24(5)20-43-30/h10-11,16-20,40H,8-9,12-15H2,1-7H3,(H2,36,37,38). The first-order chi connectivity index (χ1) is 20.6. The number of aliphatic imine (C=N–C) groups is 1. The molecule has 0 saturated heterocycles. The van der Waals surface area contributed by atoms with Crippen LogP contribution in [-0.2, 0) is 23.1 Å². The maximum absolute atomic E-state index is 13.5.